The largest absolute Gasteiger partial charge is 0.495 e. The van der Waals surface area contributed by atoms with E-state index in [1.54, 1.807) is 30.2 Å². The van der Waals surface area contributed by atoms with Crippen LogP contribution in [0.2, 0.25) is 10.0 Å². The van der Waals surface area contributed by atoms with Gasteiger partial charge in [-0.15, -0.1) is 0 Å². The van der Waals surface area contributed by atoms with Gasteiger partial charge in [-0.2, -0.15) is 0 Å². The Morgan fingerprint density at radius 3 is 2.41 bits per heavy atom. The molecule has 2 aromatic rings. The summed E-state index contributed by atoms with van der Waals surface area (Å²) in [5.74, 6) is 0.697. The topological polar surface area (TPSA) is 53.1 Å². The average molecular weight is 476 g/mol. The van der Waals surface area contributed by atoms with E-state index >= 15 is 0 Å². The molecule has 2 saturated heterocycles. The number of benzene rings is 2. The van der Waals surface area contributed by atoms with Crippen LogP contribution in [-0.2, 0) is 4.79 Å². The number of amides is 2. The summed E-state index contributed by atoms with van der Waals surface area (Å²) in [6, 6.07) is 12.9. The third-order valence-electron chi connectivity index (χ3n) is 6.24. The molecule has 2 aromatic carbocycles. The number of hydrogen-bond acceptors (Lipinski definition) is 4. The second kappa shape index (κ2) is 10.0. The van der Waals surface area contributed by atoms with E-state index < -0.39 is 0 Å². The third-order valence-corrected chi connectivity index (χ3v) is 6.98. The van der Waals surface area contributed by atoms with Gasteiger partial charge in [-0.1, -0.05) is 35.3 Å². The van der Waals surface area contributed by atoms with E-state index in [0.717, 1.165) is 37.4 Å². The first-order chi connectivity index (χ1) is 15.5. The van der Waals surface area contributed by atoms with Crippen LogP contribution in [0.1, 0.15) is 23.2 Å². The van der Waals surface area contributed by atoms with Crippen molar-refractivity contribution in [2.45, 2.75) is 12.8 Å². The predicted molar refractivity (Wildman–Crippen MR) is 127 cm³/mol. The Bertz CT molecular complexity index is 992. The summed E-state index contributed by atoms with van der Waals surface area (Å²) in [7, 11) is 1.67. The number of anilines is 1. The zero-order valence-corrected chi connectivity index (χ0v) is 19.6. The number of nitrogens with zero attached hydrogens (tertiary/aromatic N) is 3. The van der Waals surface area contributed by atoms with Crippen molar-refractivity contribution in [2.75, 3.05) is 51.3 Å². The highest BCUT2D eigenvalue weighted by atomic mass is 35.5. The molecule has 1 atom stereocenters. The second-order valence-corrected chi connectivity index (χ2v) is 9.02. The minimum atomic E-state index is -0.173. The van der Waals surface area contributed by atoms with E-state index in [9.17, 15) is 9.59 Å². The second-order valence-electron chi connectivity index (χ2n) is 8.20. The first-order valence-electron chi connectivity index (χ1n) is 10.9. The minimum absolute atomic E-state index is 0.109. The molecule has 2 fully saturated rings. The summed E-state index contributed by atoms with van der Waals surface area (Å²) < 4.78 is 5.48. The molecule has 0 saturated carbocycles. The van der Waals surface area contributed by atoms with Gasteiger partial charge in [-0.05, 0) is 43.2 Å². The summed E-state index contributed by atoms with van der Waals surface area (Å²) in [6.45, 7) is 3.91. The SMILES string of the molecule is COc1ccccc1N1CCN(C(=O)C2CCCN(C(=O)c3ccc(Cl)c(Cl)c3)C2)CC1. The molecule has 4 rings (SSSR count). The summed E-state index contributed by atoms with van der Waals surface area (Å²) in [5, 5.41) is 0.775. The lowest BCUT2D eigenvalue weighted by Gasteiger charge is -2.40. The van der Waals surface area contributed by atoms with Gasteiger partial charge < -0.3 is 19.4 Å². The monoisotopic (exact) mass is 475 g/mol. The van der Waals surface area contributed by atoms with Gasteiger partial charge in [0.1, 0.15) is 5.75 Å². The standard InChI is InChI=1S/C24H27Cl2N3O3/c1-32-22-7-3-2-6-21(22)27-11-13-28(14-12-27)24(31)18-5-4-10-29(16-18)23(30)17-8-9-19(25)20(26)15-17/h2-3,6-9,15,18H,4-5,10-14,16H2,1H3. The molecule has 0 aliphatic carbocycles. The highest BCUT2D eigenvalue weighted by molar-refractivity contribution is 6.42. The van der Waals surface area contributed by atoms with E-state index in [4.69, 9.17) is 27.9 Å². The number of carbonyl (C=O) groups excluding carboxylic acids is 2. The molecule has 1 unspecified atom stereocenters. The maximum absolute atomic E-state index is 13.2. The normalized spacial score (nSPS) is 19.1. The average Bonchev–Trinajstić information content (AvgIpc) is 2.85. The van der Waals surface area contributed by atoms with Gasteiger partial charge >= 0.3 is 0 Å². The molecule has 8 heteroatoms. The van der Waals surface area contributed by atoms with E-state index in [-0.39, 0.29) is 17.7 Å². The Balaban J connectivity index is 1.36. The van der Waals surface area contributed by atoms with E-state index in [0.29, 0.717) is 41.8 Å². The summed E-state index contributed by atoms with van der Waals surface area (Å²) in [5.41, 5.74) is 1.55. The number of likely N-dealkylation sites (tertiary alicyclic amines) is 1. The Morgan fingerprint density at radius 2 is 1.69 bits per heavy atom. The fourth-order valence-electron chi connectivity index (χ4n) is 4.49. The number of methoxy groups -OCH3 is 1. The van der Waals surface area contributed by atoms with Crippen molar-refractivity contribution in [1.82, 2.24) is 9.80 Å². The van der Waals surface area contributed by atoms with Crippen LogP contribution in [0.5, 0.6) is 5.75 Å². The van der Waals surface area contributed by atoms with Crippen molar-refractivity contribution < 1.29 is 14.3 Å². The number of carbonyl (C=O) groups is 2. The highest BCUT2D eigenvalue weighted by Gasteiger charge is 2.33. The van der Waals surface area contributed by atoms with Gasteiger partial charge in [0.2, 0.25) is 5.91 Å². The van der Waals surface area contributed by atoms with Crippen LogP contribution < -0.4 is 9.64 Å². The molecule has 0 bridgehead atoms. The van der Waals surface area contributed by atoms with Crippen molar-refractivity contribution >= 4 is 40.7 Å². The molecule has 2 heterocycles. The number of ether oxygens (including phenoxy) is 1. The molecular weight excluding hydrogens is 449 g/mol. The molecule has 0 aromatic heterocycles. The molecule has 32 heavy (non-hydrogen) atoms. The summed E-state index contributed by atoms with van der Waals surface area (Å²) >= 11 is 12.0. The van der Waals surface area contributed by atoms with E-state index in [2.05, 4.69) is 4.90 Å². The Morgan fingerprint density at radius 1 is 0.938 bits per heavy atom. The maximum Gasteiger partial charge on any atom is 0.253 e. The molecule has 6 nitrogen and oxygen atoms in total. The first-order valence-corrected chi connectivity index (χ1v) is 11.6. The number of halogens is 2. The zero-order valence-electron chi connectivity index (χ0n) is 18.1. The lowest BCUT2D eigenvalue weighted by molar-refractivity contribution is -0.137. The number of hydrogen-bond donors (Lipinski definition) is 0. The van der Waals surface area contributed by atoms with Crippen molar-refractivity contribution in [3.05, 3.63) is 58.1 Å². The molecule has 2 aliphatic rings. The Hall–Kier alpha value is -2.44. The predicted octanol–water partition coefficient (Wildman–Crippen LogP) is 4.20. The van der Waals surface area contributed by atoms with Crippen molar-refractivity contribution in [1.29, 1.82) is 0 Å². The fraction of sp³-hybridized carbons (Fsp3) is 0.417. The number of para-hydroxylation sites is 2. The molecule has 2 amide bonds. The molecule has 170 valence electrons. The van der Waals surface area contributed by atoms with E-state index in [1.165, 1.54) is 0 Å². The van der Waals surface area contributed by atoms with Gasteiger partial charge in [0.05, 0.1) is 28.8 Å². The van der Waals surface area contributed by atoms with Gasteiger partial charge in [0, 0.05) is 44.8 Å². The number of rotatable bonds is 4. The van der Waals surface area contributed by atoms with Gasteiger partial charge in [-0.25, -0.2) is 0 Å². The van der Waals surface area contributed by atoms with Crippen LogP contribution in [-0.4, -0.2) is 68.0 Å². The number of piperidine rings is 1. The van der Waals surface area contributed by atoms with Gasteiger partial charge in [-0.3, -0.25) is 9.59 Å². The lowest BCUT2D eigenvalue weighted by Crippen LogP contribution is -2.53. The summed E-state index contributed by atoms with van der Waals surface area (Å²) in [6.07, 6.45) is 1.61. The van der Waals surface area contributed by atoms with Crippen molar-refractivity contribution in [2.24, 2.45) is 5.92 Å². The summed E-state index contributed by atoms with van der Waals surface area (Å²) in [4.78, 5) is 32.1. The minimum Gasteiger partial charge on any atom is -0.495 e. The van der Waals surface area contributed by atoms with Crippen LogP contribution in [0, 0.1) is 5.92 Å². The van der Waals surface area contributed by atoms with Crippen LogP contribution >= 0.6 is 23.2 Å². The third kappa shape index (κ3) is 4.81. The lowest BCUT2D eigenvalue weighted by atomic mass is 9.95. The quantitative estimate of drug-likeness (QED) is 0.664. The Kier molecular flexibility index (Phi) is 7.11. The maximum atomic E-state index is 13.2. The molecule has 0 spiro atoms. The van der Waals surface area contributed by atoms with Crippen LogP contribution in [0.15, 0.2) is 42.5 Å². The van der Waals surface area contributed by atoms with Gasteiger partial charge in [0.15, 0.2) is 0 Å². The van der Waals surface area contributed by atoms with Crippen molar-refractivity contribution in [3.8, 4) is 5.75 Å². The molecular formula is C24H27Cl2N3O3. The molecule has 2 aliphatic heterocycles. The fourth-order valence-corrected chi connectivity index (χ4v) is 4.79. The smallest absolute Gasteiger partial charge is 0.253 e. The first kappa shape index (κ1) is 22.7. The zero-order chi connectivity index (χ0) is 22.7. The molecule has 0 radical (unpaired) electrons. The van der Waals surface area contributed by atoms with Crippen molar-refractivity contribution in [3.63, 3.8) is 0 Å². The van der Waals surface area contributed by atoms with Crippen LogP contribution in [0.4, 0.5) is 5.69 Å². The van der Waals surface area contributed by atoms with Crippen LogP contribution in [0.25, 0.3) is 0 Å². The Labute approximate surface area is 198 Å². The molecule has 0 N–H and O–H groups in total. The van der Waals surface area contributed by atoms with E-state index in [1.807, 2.05) is 29.2 Å². The highest BCUT2D eigenvalue weighted by Crippen LogP contribution is 2.29. The van der Waals surface area contributed by atoms with Gasteiger partial charge in [0.25, 0.3) is 5.91 Å². The number of piperazine rings is 1. The van der Waals surface area contributed by atoms with Crippen LogP contribution in [0.3, 0.4) is 0 Å².